The summed E-state index contributed by atoms with van der Waals surface area (Å²) in [6.45, 7) is 3.26. The van der Waals surface area contributed by atoms with Gasteiger partial charge in [0.05, 0.1) is 16.6 Å². The molecule has 2 N–H and O–H groups in total. The number of nitrogens with zero attached hydrogens (tertiary/aromatic N) is 2. The molecule has 0 radical (unpaired) electrons. The number of likely N-dealkylation sites (tertiary alicyclic amines) is 2. The second-order valence-electron chi connectivity index (χ2n) is 8.46. The standard InChI is InChI=1S/C24H27Cl2N3O3/c25-20-6-5-17(13-21(20)26)24(32)27-14-23(31)29-12-9-18(15-29)28-10-7-16(8-11-28)19-3-1-2-4-22(19)30/h1-6,13,16,18,30H,7-12,14-15H2,(H,27,32). The van der Waals surface area contributed by atoms with E-state index in [1.54, 1.807) is 18.2 Å². The van der Waals surface area contributed by atoms with E-state index < -0.39 is 0 Å². The van der Waals surface area contributed by atoms with Crippen LogP contribution in [0.2, 0.25) is 10.0 Å². The van der Waals surface area contributed by atoms with E-state index in [-0.39, 0.29) is 18.4 Å². The third kappa shape index (κ3) is 5.20. The highest BCUT2D eigenvalue weighted by Gasteiger charge is 2.33. The Balaban J connectivity index is 1.24. The number of para-hydroxylation sites is 1. The predicted octanol–water partition coefficient (Wildman–Crippen LogP) is 3.91. The summed E-state index contributed by atoms with van der Waals surface area (Å²) in [6, 6.07) is 12.6. The van der Waals surface area contributed by atoms with Crippen LogP contribution in [0.1, 0.15) is 41.1 Å². The molecule has 32 heavy (non-hydrogen) atoms. The number of carbonyl (C=O) groups excluding carboxylic acids is 2. The third-order valence-corrected chi connectivity index (χ3v) is 7.26. The molecule has 1 unspecified atom stereocenters. The molecule has 0 aliphatic carbocycles. The minimum Gasteiger partial charge on any atom is -0.508 e. The van der Waals surface area contributed by atoms with Gasteiger partial charge in [-0.3, -0.25) is 14.5 Å². The van der Waals surface area contributed by atoms with Crippen LogP contribution in [0.5, 0.6) is 5.75 Å². The number of hydrogen-bond donors (Lipinski definition) is 2. The van der Waals surface area contributed by atoms with Crippen LogP contribution in [-0.4, -0.2) is 65.5 Å². The summed E-state index contributed by atoms with van der Waals surface area (Å²) in [6.07, 6.45) is 2.94. The maximum Gasteiger partial charge on any atom is 0.251 e. The molecule has 8 heteroatoms. The van der Waals surface area contributed by atoms with Gasteiger partial charge in [0.25, 0.3) is 5.91 Å². The molecule has 0 aromatic heterocycles. The van der Waals surface area contributed by atoms with Gasteiger partial charge in [0.1, 0.15) is 5.75 Å². The van der Waals surface area contributed by atoms with E-state index in [0.29, 0.717) is 46.4 Å². The van der Waals surface area contributed by atoms with E-state index in [0.717, 1.165) is 37.9 Å². The molecular formula is C24H27Cl2N3O3. The Morgan fingerprint density at radius 2 is 1.75 bits per heavy atom. The fourth-order valence-corrected chi connectivity index (χ4v) is 4.98. The SMILES string of the molecule is O=C(NCC(=O)N1CCC(N2CCC(c3ccccc3O)CC2)C1)c1ccc(Cl)c(Cl)c1. The fraction of sp³-hybridized carbons (Fsp3) is 0.417. The zero-order valence-corrected chi connectivity index (χ0v) is 19.3. The minimum absolute atomic E-state index is 0.0405. The molecule has 4 rings (SSSR count). The fourth-order valence-electron chi connectivity index (χ4n) is 4.68. The monoisotopic (exact) mass is 475 g/mol. The largest absolute Gasteiger partial charge is 0.508 e. The van der Waals surface area contributed by atoms with E-state index >= 15 is 0 Å². The lowest BCUT2D eigenvalue weighted by atomic mass is 9.88. The van der Waals surface area contributed by atoms with Crippen LogP contribution in [0.4, 0.5) is 0 Å². The van der Waals surface area contributed by atoms with Gasteiger partial charge in [-0.05, 0) is 68.1 Å². The van der Waals surface area contributed by atoms with Crippen molar-refractivity contribution in [3.05, 3.63) is 63.6 Å². The van der Waals surface area contributed by atoms with Crippen molar-refractivity contribution in [2.24, 2.45) is 0 Å². The first-order chi connectivity index (χ1) is 15.4. The number of amides is 2. The molecule has 2 amide bonds. The summed E-state index contributed by atoms with van der Waals surface area (Å²) in [5.41, 5.74) is 1.41. The maximum absolute atomic E-state index is 12.6. The highest BCUT2D eigenvalue weighted by atomic mass is 35.5. The smallest absolute Gasteiger partial charge is 0.251 e. The summed E-state index contributed by atoms with van der Waals surface area (Å²) in [5, 5.41) is 13.5. The molecule has 2 fully saturated rings. The van der Waals surface area contributed by atoms with Gasteiger partial charge in [-0.15, -0.1) is 0 Å². The number of rotatable bonds is 5. The van der Waals surface area contributed by atoms with Crippen molar-refractivity contribution in [2.45, 2.75) is 31.2 Å². The number of phenolic OH excluding ortho intramolecular Hbond substituents is 1. The lowest BCUT2D eigenvalue weighted by Crippen LogP contribution is -2.44. The van der Waals surface area contributed by atoms with Crippen molar-refractivity contribution < 1.29 is 14.7 Å². The molecule has 0 bridgehead atoms. The Hall–Kier alpha value is -2.28. The summed E-state index contributed by atoms with van der Waals surface area (Å²) < 4.78 is 0. The van der Waals surface area contributed by atoms with Crippen LogP contribution in [-0.2, 0) is 4.79 Å². The van der Waals surface area contributed by atoms with E-state index in [9.17, 15) is 14.7 Å². The van der Waals surface area contributed by atoms with E-state index in [1.807, 2.05) is 23.1 Å². The topological polar surface area (TPSA) is 72.9 Å². The molecule has 2 aliphatic rings. The van der Waals surface area contributed by atoms with Gasteiger partial charge in [-0.2, -0.15) is 0 Å². The molecule has 2 saturated heterocycles. The molecule has 1 atom stereocenters. The van der Waals surface area contributed by atoms with Crippen molar-refractivity contribution in [1.82, 2.24) is 15.1 Å². The second kappa shape index (κ2) is 10.1. The van der Waals surface area contributed by atoms with Crippen LogP contribution >= 0.6 is 23.2 Å². The van der Waals surface area contributed by atoms with Crippen molar-refractivity contribution in [1.29, 1.82) is 0 Å². The van der Waals surface area contributed by atoms with Gasteiger partial charge in [-0.1, -0.05) is 41.4 Å². The summed E-state index contributed by atoms with van der Waals surface area (Å²) in [5.74, 6) is 0.332. The zero-order chi connectivity index (χ0) is 22.7. The molecule has 2 aromatic carbocycles. The molecule has 2 aromatic rings. The van der Waals surface area contributed by atoms with Crippen molar-refractivity contribution in [2.75, 3.05) is 32.7 Å². The van der Waals surface area contributed by atoms with Gasteiger partial charge in [0.2, 0.25) is 5.91 Å². The average Bonchev–Trinajstić information content (AvgIpc) is 3.30. The zero-order valence-electron chi connectivity index (χ0n) is 17.8. The van der Waals surface area contributed by atoms with Crippen molar-refractivity contribution >= 4 is 35.0 Å². The van der Waals surface area contributed by atoms with Crippen molar-refractivity contribution in [3.63, 3.8) is 0 Å². The van der Waals surface area contributed by atoms with Crippen LogP contribution in [0.3, 0.4) is 0 Å². The average molecular weight is 476 g/mol. The first-order valence-electron chi connectivity index (χ1n) is 11.0. The van der Waals surface area contributed by atoms with Gasteiger partial charge >= 0.3 is 0 Å². The third-order valence-electron chi connectivity index (χ3n) is 6.52. The first kappa shape index (κ1) is 22.9. The number of phenols is 1. The Morgan fingerprint density at radius 1 is 1.00 bits per heavy atom. The number of hydrogen-bond acceptors (Lipinski definition) is 4. The predicted molar refractivity (Wildman–Crippen MR) is 125 cm³/mol. The summed E-state index contributed by atoms with van der Waals surface area (Å²) in [4.78, 5) is 29.2. The number of piperidine rings is 1. The highest BCUT2D eigenvalue weighted by molar-refractivity contribution is 6.42. The number of benzene rings is 2. The first-order valence-corrected chi connectivity index (χ1v) is 11.7. The summed E-state index contributed by atoms with van der Waals surface area (Å²) >= 11 is 11.8. The highest BCUT2D eigenvalue weighted by Crippen LogP contribution is 2.34. The Morgan fingerprint density at radius 3 is 2.47 bits per heavy atom. The Kier molecular flexibility index (Phi) is 7.23. The molecule has 0 saturated carbocycles. The van der Waals surface area contributed by atoms with E-state index in [4.69, 9.17) is 23.2 Å². The van der Waals surface area contributed by atoms with Crippen LogP contribution in [0.15, 0.2) is 42.5 Å². The van der Waals surface area contributed by atoms with Gasteiger partial charge in [0, 0.05) is 24.7 Å². The maximum atomic E-state index is 12.6. The summed E-state index contributed by atoms with van der Waals surface area (Å²) in [7, 11) is 0. The van der Waals surface area contributed by atoms with E-state index in [2.05, 4.69) is 10.2 Å². The Bertz CT molecular complexity index is 992. The van der Waals surface area contributed by atoms with Gasteiger partial charge in [0.15, 0.2) is 0 Å². The number of aromatic hydroxyl groups is 1. The lowest BCUT2D eigenvalue weighted by molar-refractivity contribution is -0.129. The van der Waals surface area contributed by atoms with E-state index in [1.165, 1.54) is 6.07 Å². The molecule has 6 nitrogen and oxygen atoms in total. The lowest BCUT2D eigenvalue weighted by Gasteiger charge is -2.36. The number of halogens is 2. The number of carbonyl (C=O) groups is 2. The Labute approximate surface area is 198 Å². The van der Waals surface area contributed by atoms with Crippen LogP contribution in [0, 0.1) is 0 Å². The second-order valence-corrected chi connectivity index (χ2v) is 9.28. The normalized spacial score (nSPS) is 19.8. The quantitative estimate of drug-likeness (QED) is 0.687. The molecular weight excluding hydrogens is 449 g/mol. The van der Waals surface area contributed by atoms with Crippen molar-refractivity contribution in [3.8, 4) is 5.75 Å². The van der Waals surface area contributed by atoms with Crippen LogP contribution in [0.25, 0.3) is 0 Å². The van der Waals surface area contributed by atoms with Gasteiger partial charge < -0.3 is 15.3 Å². The molecule has 170 valence electrons. The number of nitrogens with one attached hydrogen (secondary N) is 1. The minimum atomic E-state index is -0.348. The molecule has 2 heterocycles. The van der Waals surface area contributed by atoms with Gasteiger partial charge in [-0.25, -0.2) is 0 Å². The van der Waals surface area contributed by atoms with Crippen LogP contribution < -0.4 is 5.32 Å². The molecule has 0 spiro atoms. The molecule has 2 aliphatic heterocycles.